The molecular weight excluding hydrogens is 198 g/mol. The minimum Gasteiger partial charge on any atom is -0.206 e. The van der Waals surface area contributed by atoms with Crippen LogP contribution in [0, 0.1) is 5.82 Å². The maximum Gasteiger partial charge on any atom is 0.130 e. The van der Waals surface area contributed by atoms with Crippen LogP contribution in [0.4, 0.5) is 4.39 Å². The molecule has 0 nitrogen and oxygen atoms in total. The fourth-order valence-corrected chi connectivity index (χ4v) is 1.74. The van der Waals surface area contributed by atoms with Gasteiger partial charge in [-0.15, -0.1) is 0 Å². The Hall–Kier alpha value is -0.785. The van der Waals surface area contributed by atoms with E-state index in [0.29, 0.717) is 16.6 Å². The van der Waals surface area contributed by atoms with E-state index in [4.69, 9.17) is 7.85 Å². The van der Waals surface area contributed by atoms with E-state index in [-0.39, 0.29) is 16.6 Å². The Morgan fingerprint density at radius 2 is 1.19 bits per heavy atom. The summed E-state index contributed by atoms with van der Waals surface area (Å²) in [4.78, 5) is 0. The molecule has 86 valence electrons. The molecule has 0 bridgehead atoms. The summed E-state index contributed by atoms with van der Waals surface area (Å²) in [7, 11) is 5.86. The lowest BCUT2D eigenvalue weighted by Crippen LogP contribution is -2.24. The molecule has 0 amide bonds. The van der Waals surface area contributed by atoms with Crippen molar-refractivity contribution in [2.45, 2.75) is 52.4 Å². The summed E-state index contributed by atoms with van der Waals surface area (Å²) in [5.74, 6) is -0.116. The van der Waals surface area contributed by atoms with Crippen LogP contribution in [0.1, 0.15) is 52.7 Å². The second kappa shape index (κ2) is 3.90. The van der Waals surface area contributed by atoms with Gasteiger partial charge >= 0.3 is 0 Å². The molecule has 0 unspecified atom stereocenters. The van der Waals surface area contributed by atoms with E-state index < -0.39 is 0 Å². The van der Waals surface area contributed by atoms with E-state index >= 15 is 0 Å². The zero-order chi connectivity index (χ0) is 12.7. The molecule has 0 aliphatic rings. The van der Waals surface area contributed by atoms with Crippen molar-refractivity contribution >= 4 is 13.3 Å². The van der Waals surface area contributed by atoms with Crippen molar-refractivity contribution in [3.05, 3.63) is 29.1 Å². The van der Waals surface area contributed by atoms with Crippen LogP contribution in [0.25, 0.3) is 0 Å². The second-order valence-corrected chi connectivity index (χ2v) is 6.43. The lowest BCUT2D eigenvalue weighted by atomic mass is 9.76. The summed E-state index contributed by atoms with van der Waals surface area (Å²) >= 11 is 0. The fraction of sp³-hybridized carbons (Fsp3) is 0.571. The van der Waals surface area contributed by atoms with Crippen molar-refractivity contribution in [2.24, 2.45) is 0 Å². The highest BCUT2D eigenvalue weighted by molar-refractivity contribution is 6.32. The van der Waals surface area contributed by atoms with Crippen molar-refractivity contribution in [1.82, 2.24) is 0 Å². The standard InChI is InChI=1S/C14H20BF/c1-13(2,3)10-7-9(15)8-11(12(10)16)14(4,5)6/h7-8H,1-6H3. The summed E-state index contributed by atoms with van der Waals surface area (Å²) in [5.41, 5.74) is 1.57. The number of hydrogen-bond donors (Lipinski definition) is 0. The molecule has 0 heterocycles. The van der Waals surface area contributed by atoms with Crippen LogP contribution in [0.2, 0.25) is 0 Å². The van der Waals surface area contributed by atoms with Crippen LogP contribution in [0.3, 0.4) is 0 Å². The van der Waals surface area contributed by atoms with Crippen LogP contribution in [0.5, 0.6) is 0 Å². The predicted octanol–water partition coefficient (Wildman–Crippen LogP) is 3.21. The molecule has 0 N–H and O–H groups in total. The van der Waals surface area contributed by atoms with Gasteiger partial charge in [-0.2, -0.15) is 0 Å². The largest absolute Gasteiger partial charge is 0.206 e. The number of rotatable bonds is 0. The van der Waals surface area contributed by atoms with Crippen molar-refractivity contribution in [3.8, 4) is 0 Å². The molecule has 2 heteroatoms. The van der Waals surface area contributed by atoms with E-state index in [1.165, 1.54) is 0 Å². The Labute approximate surface area is 99.7 Å². The van der Waals surface area contributed by atoms with Crippen LogP contribution >= 0.6 is 0 Å². The van der Waals surface area contributed by atoms with Crippen molar-refractivity contribution in [2.75, 3.05) is 0 Å². The fourth-order valence-electron chi connectivity index (χ4n) is 1.74. The van der Waals surface area contributed by atoms with Gasteiger partial charge in [0.15, 0.2) is 0 Å². The zero-order valence-electron chi connectivity index (χ0n) is 11.1. The molecule has 0 fully saturated rings. The van der Waals surface area contributed by atoms with Gasteiger partial charge in [-0.1, -0.05) is 59.1 Å². The van der Waals surface area contributed by atoms with E-state index in [0.717, 1.165) is 0 Å². The van der Waals surface area contributed by atoms with Crippen molar-refractivity contribution in [1.29, 1.82) is 0 Å². The number of benzene rings is 1. The van der Waals surface area contributed by atoms with Crippen molar-refractivity contribution in [3.63, 3.8) is 0 Å². The normalized spacial score (nSPS) is 12.9. The van der Waals surface area contributed by atoms with E-state index in [1.54, 1.807) is 12.1 Å². The van der Waals surface area contributed by atoms with Crippen LogP contribution < -0.4 is 5.46 Å². The first-order valence-corrected chi connectivity index (χ1v) is 5.63. The first kappa shape index (κ1) is 13.3. The van der Waals surface area contributed by atoms with Gasteiger partial charge in [0, 0.05) is 0 Å². The topological polar surface area (TPSA) is 0 Å². The Balaban J connectivity index is 3.51. The molecule has 0 atom stereocenters. The third-order valence-electron chi connectivity index (χ3n) is 2.71. The molecule has 0 saturated carbocycles. The minimum atomic E-state index is -0.223. The maximum absolute atomic E-state index is 14.4. The Kier molecular flexibility index (Phi) is 3.24. The first-order valence-electron chi connectivity index (χ1n) is 5.63. The quantitative estimate of drug-likeness (QED) is 0.586. The Bertz CT molecular complexity index is 359. The third kappa shape index (κ3) is 2.66. The Morgan fingerprint density at radius 3 is 1.44 bits per heavy atom. The highest BCUT2D eigenvalue weighted by Gasteiger charge is 2.25. The van der Waals surface area contributed by atoms with Crippen LogP contribution in [0.15, 0.2) is 12.1 Å². The molecule has 16 heavy (non-hydrogen) atoms. The summed E-state index contributed by atoms with van der Waals surface area (Å²) in [6, 6.07) is 3.48. The molecule has 1 aromatic rings. The highest BCUT2D eigenvalue weighted by atomic mass is 19.1. The van der Waals surface area contributed by atoms with Gasteiger partial charge in [0.1, 0.15) is 13.7 Å². The molecule has 0 saturated heterocycles. The molecular formula is C14H20BF. The second-order valence-electron chi connectivity index (χ2n) is 6.43. The Morgan fingerprint density at radius 1 is 0.875 bits per heavy atom. The van der Waals surface area contributed by atoms with Gasteiger partial charge in [-0.3, -0.25) is 0 Å². The lowest BCUT2D eigenvalue weighted by Gasteiger charge is -2.27. The maximum atomic E-state index is 14.4. The monoisotopic (exact) mass is 218 g/mol. The minimum absolute atomic E-state index is 0.116. The van der Waals surface area contributed by atoms with Gasteiger partial charge < -0.3 is 0 Å². The van der Waals surface area contributed by atoms with Gasteiger partial charge in [-0.25, -0.2) is 4.39 Å². The van der Waals surface area contributed by atoms with Crippen LogP contribution in [-0.4, -0.2) is 7.85 Å². The van der Waals surface area contributed by atoms with Crippen LogP contribution in [-0.2, 0) is 10.8 Å². The summed E-state index contributed by atoms with van der Waals surface area (Å²) < 4.78 is 14.4. The molecule has 0 aliphatic carbocycles. The smallest absolute Gasteiger partial charge is 0.130 e. The molecule has 0 aromatic heterocycles. The first-order chi connectivity index (χ1) is 7.03. The van der Waals surface area contributed by atoms with Gasteiger partial charge in [0.05, 0.1) is 0 Å². The number of hydrogen-bond acceptors (Lipinski definition) is 0. The average Bonchev–Trinajstić information content (AvgIpc) is 2.04. The molecule has 0 aliphatic heterocycles. The summed E-state index contributed by atoms with van der Waals surface area (Å²) in [6.45, 7) is 12.0. The average molecular weight is 218 g/mol. The lowest BCUT2D eigenvalue weighted by molar-refractivity contribution is 0.482. The van der Waals surface area contributed by atoms with Gasteiger partial charge in [0.2, 0.25) is 0 Å². The predicted molar refractivity (Wildman–Crippen MR) is 69.2 cm³/mol. The molecule has 0 spiro atoms. The van der Waals surface area contributed by atoms with Crippen molar-refractivity contribution < 1.29 is 4.39 Å². The van der Waals surface area contributed by atoms with Gasteiger partial charge in [-0.05, 0) is 22.0 Å². The van der Waals surface area contributed by atoms with E-state index in [9.17, 15) is 4.39 Å². The molecule has 1 rings (SSSR count). The van der Waals surface area contributed by atoms with E-state index in [1.807, 2.05) is 41.5 Å². The summed E-state index contributed by atoms with van der Waals surface area (Å²) in [6.07, 6.45) is 0. The zero-order valence-corrected chi connectivity index (χ0v) is 11.1. The highest BCUT2D eigenvalue weighted by Crippen LogP contribution is 2.31. The molecule has 1 aromatic carbocycles. The van der Waals surface area contributed by atoms with E-state index in [2.05, 4.69) is 0 Å². The number of halogens is 1. The van der Waals surface area contributed by atoms with Gasteiger partial charge in [0.25, 0.3) is 0 Å². The summed E-state index contributed by atoms with van der Waals surface area (Å²) in [5, 5.41) is 0. The molecule has 2 radical (unpaired) electrons. The SMILES string of the molecule is [B]c1cc(C(C)(C)C)c(F)c(C(C)(C)C)c1. The third-order valence-corrected chi connectivity index (χ3v) is 2.71.